The summed E-state index contributed by atoms with van der Waals surface area (Å²) in [5.41, 5.74) is 4.14. The highest BCUT2D eigenvalue weighted by Crippen LogP contribution is 2.47. The molecule has 1 aliphatic heterocycles. The molecular formula is C22H26N2O2. The molecule has 1 saturated carbocycles. The predicted octanol–water partition coefficient (Wildman–Crippen LogP) is 4.64. The molecule has 1 amide bonds. The average Bonchev–Trinajstić information content (AvgIpc) is 2.95. The lowest BCUT2D eigenvalue weighted by atomic mass is 9.69. The summed E-state index contributed by atoms with van der Waals surface area (Å²) in [6, 6.07) is 17.0. The standard InChI is InChI=1S/C22H26N2O2/c1-15(26-2)16-6-5-7-18(14-16)23-17-10-12-22(13-11-17)19-8-3-4-9-20(19)24-21(22)25/h3-9,14-15,17,23H,10-13H2,1-2H3,(H,24,25). The molecule has 1 aliphatic carbocycles. The van der Waals surface area contributed by atoms with Gasteiger partial charge in [-0.2, -0.15) is 0 Å². The topological polar surface area (TPSA) is 50.4 Å². The molecule has 4 heteroatoms. The molecule has 0 saturated heterocycles. The van der Waals surface area contributed by atoms with Crippen molar-refractivity contribution >= 4 is 17.3 Å². The molecule has 1 fully saturated rings. The lowest BCUT2D eigenvalue weighted by molar-refractivity contribution is -0.122. The number of rotatable bonds is 4. The number of benzene rings is 2. The minimum absolute atomic E-state index is 0.0880. The predicted molar refractivity (Wildman–Crippen MR) is 104 cm³/mol. The van der Waals surface area contributed by atoms with Crippen molar-refractivity contribution in [3.63, 3.8) is 0 Å². The van der Waals surface area contributed by atoms with E-state index in [9.17, 15) is 4.79 Å². The highest BCUT2D eigenvalue weighted by Gasteiger charge is 2.48. The third-order valence-electron chi connectivity index (χ3n) is 6.05. The molecule has 0 radical (unpaired) electrons. The molecule has 0 bridgehead atoms. The van der Waals surface area contributed by atoms with E-state index < -0.39 is 0 Å². The van der Waals surface area contributed by atoms with Gasteiger partial charge in [0, 0.05) is 24.5 Å². The van der Waals surface area contributed by atoms with E-state index in [0.717, 1.165) is 37.1 Å². The van der Waals surface area contributed by atoms with Crippen molar-refractivity contribution in [2.24, 2.45) is 0 Å². The third kappa shape index (κ3) is 2.88. The first-order chi connectivity index (χ1) is 12.6. The van der Waals surface area contributed by atoms with Crippen LogP contribution in [0.15, 0.2) is 48.5 Å². The monoisotopic (exact) mass is 350 g/mol. The van der Waals surface area contributed by atoms with Gasteiger partial charge in [0.2, 0.25) is 5.91 Å². The Morgan fingerprint density at radius 2 is 1.92 bits per heavy atom. The van der Waals surface area contributed by atoms with Crippen LogP contribution in [0.3, 0.4) is 0 Å². The first-order valence-electron chi connectivity index (χ1n) is 9.43. The molecule has 2 aromatic carbocycles. The minimum Gasteiger partial charge on any atom is -0.382 e. The molecule has 136 valence electrons. The van der Waals surface area contributed by atoms with Crippen LogP contribution in [0, 0.1) is 0 Å². The summed E-state index contributed by atoms with van der Waals surface area (Å²) in [5.74, 6) is 0.174. The van der Waals surface area contributed by atoms with E-state index in [2.05, 4.69) is 47.9 Å². The zero-order valence-corrected chi connectivity index (χ0v) is 15.4. The van der Waals surface area contributed by atoms with Crippen molar-refractivity contribution in [2.75, 3.05) is 17.7 Å². The molecule has 1 heterocycles. The van der Waals surface area contributed by atoms with E-state index in [0.29, 0.717) is 6.04 Å². The Balaban J connectivity index is 1.46. The van der Waals surface area contributed by atoms with E-state index in [1.807, 2.05) is 18.2 Å². The molecule has 2 aliphatic rings. The largest absolute Gasteiger partial charge is 0.382 e. The Labute approximate surface area is 155 Å². The molecule has 1 spiro atoms. The lowest BCUT2D eigenvalue weighted by Crippen LogP contribution is -2.41. The number of carbonyl (C=O) groups excluding carboxylic acids is 1. The Morgan fingerprint density at radius 1 is 1.15 bits per heavy atom. The summed E-state index contributed by atoms with van der Waals surface area (Å²) >= 11 is 0. The molecule has 1 atom stereocenters. The fourth-order valence-corrected chi connectivity index (χ4v) is 4.38. The normalized spacial score (nSPS) is 25.6. The maximum atomic E-state index is 12.7. The van der Waals surface area contributed by atoms with Crippen LogP contribution in [0.5, 0.6) is 0 Å². The second-order valence-electron chi connectivity index (χ2n) is 7.50. The van der Waals surface area contributed by atoms with Crippen LogP contribution in [0.2, 0.25) is 0 Å². The molecule has 0 aromatic heterocycles. The van der Waals surface area contributed by atoms with Crippen LogP contribution >= 0.6 is 0 Å². The van der Waals surface area contributed by atoms with E-state index in [4.69, 9.17) is 4.74 Å². The molecule has 4 rings (SSSR count). The fourth-order valence-electron chi connectivity index (χ4n) is 4.38. The van der Waals surface area contributed by atoms with E-state index in [1.165, 1.54) is 11.1 Å². The fraction of sp³-hybridized carbons (Fsp3) is 0.409. The number of fused-ring (bicyclic) bond motifs is 2. The Kier molecular flexibility index (Phi) is 4.45. The Hall–Kier alpha value is -2.33. The van der Waals surface area contributed by atoms with Gasteiger partial charge in [0.05, 0.1) is 11.5 Å². The van der Waals surface area contributed by atoms with Crippen molar-refractivity contribution in [1.82, 2.24) is 0 Å². The van der Waals surface area contributed by atoms with Crippen LogP contribution < -0.4 is 10.6 Å². The van der Waals surface area contributed by atoms with Crippen LogP contribution in [0.4, 0.5) is 11.4 Å². The van der Waals surface area contributed by atoms with Crippen LogP contribution in [-0.2, 0) is 14.9 Å². The van der Waals surface area contributed by atoms with Gasteiger partial charge >= 0.3 is 0 Å². The second kappa shape index (κ2) is 6.76. The van der Waals surface area contributed by atoms with Gasteiger partial charge in [0.15, 0.2) is 0 Å². The van der Waals surface area contributed by atoms with Gasteiger partial charge in [-0.1, -0.05) is 30.3 Å². The minimum atomic E-state index is -0.332. The summed E-state index contributed by atoms with van der Waals surface area (Å²) < 4.78 is 5.42. The van der Waals surface area contributed by atoms with Crippen molar-refractivity contribution in [2.45, 2.75) is 50.2 Å². The van der Waals surface area contributed by atoms with Gasteiger partial charge in [0.1, 0.15) is 0 Å². The number of amides is 1. The van der Waals surface area contributed by atoms with Gasteiger partial charge in [-0.3, -0.25) is 4.79 Å². The summed E-state index contributed by atoms with van der Waals surface area (Å²) in [4.78, 5) is 12.7. The smallest absolute Gasteiger partial charge is 0.235 e. The van der Waals surface area contributed by atoms with Crippen molar-refractivity contribution in [3.8, 4) is 0 Å². The van der Waals surface area contributed by atoms with E-state index >= 15 is 0 Å². The number of anilines is 2. The number of ether oxygens (including phenoxy) is 1. The quantitative estimate of drug-likeness (QED) is 0.845. The Bertz CT molecular complexity index is 809. The van der Waals surface area contributed by atoms with Crippen LogP contribution in [-0.4, -0.2) is 19.1 Å². The number of nitrogens with one attached hydrogen (secondary N) is 2. The Morgan fingerprint density at radius 3 is 2.69 bits per heavy atom. The third-order valence-corrected chi connectivity index (χ3v) is 6.05. The zero-order valence-electron chi connectivity index (χ0n) is 15.4. The van der Waals surface area contributed by atoms with Gasteiger partial charge in [-0.05, 0) is 61.9 Å². The maximum Gasteiger partial charge on any atom is 0.235 e. The molecule has 26 heavy (non-hydrogen) atoms. The molecule has 2 N–H and O–H groups in total. The summed E-state index contributed by atoms with van der Waals surface area (Å²) in [6.07, 6.45) is 3.85. The maximum absolute atomic E-state index is 12.7. The molecule has 1 unspecified atom stereocenters. The zero-order chi connectivity index (χ0) is 18.1. The molecule has 2 aromatic rings. The first kappa shape index (κ1) is 17.1. The number of para-hydroxylation sites is 1. The molecular weight excluding hydrogens is 324 g/mol. The van der Waals surface area contributed by atoms with Gasteiger partial charge < -0.3 is 15.4 Å². The number of methoxy groups -OCH3 is 1. The van der Waals surface area contributed by atoms with E-state index in [-0.39, 0.29) is 17.4 Å². The number of carbonyl (C=O) groups is 1. The number of hydrogen-bond donors (Lipinski definition) is 2. The van der Waals surface area contributed by atoms with Crippen LogP contribution in [0.25, 0.3) is 0 Å². The van der Waals surface area contributed by atoms with Gasteiger partial charge in [-0.25, -0.2) is 0 Å². The summed E-state index contributed by atoms with van der Waals surface area (Å²) in [6.45, 7) is 2.06. The summed E-state index contributed by atoms with van der Waals surface area (Å²) in [7, 11) is 1.73. The number of hydrogen-bond acceptors (Lipinski definition) is 3. The average molecular weight is 350 g/mol. The first-order valence-corrected chi connectivity index (χ1v) is 9.43. The molecule has 4 nitrogen and oxygen atoms in total. The van der Waals surface area contributed by atoms with Gasteiger partial charge in [0.25, 0.3) is 0 Å². The van der Waals surface area contributed by atoms with E-state index in [1.54, 1.807) is 7.11 Å². The van der Waals surface area contributed by atoms with Crippen molar-refractivity contribution in [3.05, 3.63) is 59.7 Å². The summed E-state index contributed by atoms with van der Waals surface area (Å²) in [5, 5.41) is 6.73. The highest BCUT2D eigenvalue weighted by atomic mass is 16.5. The van der Waals surface area contributed by atoms with Crippen LogP contribution in [0.1, 0.15) is 49.8 Å². The lowest BCUT2D eigenvalue weighted by Gasteiger charge is -2.36. The van der Waals surface area contributed by atoms with Crippen molar-refractivity contribution in [1.29, 1.82) is 0 Å². The SMILES string of the molecule is COC(C)c1cccc(NC2CCC3(CC2)C(=O)Nc2ccccc23)c1. The highest BCUT2D eigenvalue weighted by molar-refractivity contribution is 6.06. The second-order valence-corrected chi connectivity index (χ2v) is 7.50. The van der Waals surface area contributed by atoms with Crippen molar-refractivity contribution < 1.29 is 9.53 Å². The van der Waals surface area contributed by atoms with Gasteiger partial charge in [-0.15, -0.1) is 0 Å².